The van der Waals surface area contributed by atoms with Gasteiger partial charge in [0.2, 0.25) is 5.91 Å². The summed E-state index contributed by atoms with van der Waals surface area (Å²) >= 11 is 0. The van der Waals surface area contributed by atoms with Crippen LogP contribution in [0.2, 0.25) is 0 Å². The molecular formula is C47H48F7N4O+2. The highest BCUT2D eigenvalue weighted by atomic mass is 19.4. The van der Waals surface area contributed by atoms with Crippen molar-refractivity contribution in [2.75, 3.05) is 0 Å². The third kappa shape index (κ3) is 7.38. The van der Waals surface area contributed by atoms with Crippen LogP contribution in [0, 0.1) is 25.7 Å². The Morgan fingerprint density at radius 2 is 1.58 bits per heavy atom. The minimum atomic E-state index is -5.04. The van der Waals surface area contributed by atoms with Gasteiger partial charge < -0.3 is 0 Å². The van der Waals surface area contributed by atoms with Crippen LogP contribution in [0.4, 0.5) is 30.7 Å². The zero-order valence-electron chi connectivity index (χ0n) is 36.3. The highest BCUT2D eigenvalue weighted by Crippen LogP contribution is 2.48. The molecule has 6 aromatic rings. The van der Waals surface area contributed by atoms with Crippen molar-refractivity contribution in [3.63, 3.8) is 0 Å². The van der Waals surface area contributed by atoms with Crippen molar-refractivity contribution in [3.05, 3.63) is 141 Å². The third-order valence-corrected chi connectivity index (χ3v) is 11.9. The van der Waals surface area contributed by atoms with E-state index in [1.54, 1.807) is 23.2 Å². The lowest BCUT2D eigenvalue weighted by atomic mass is 9.78. The molecule has 59 heavy (non-hydrogen) atoms. The van der Waals surface area contributed by atoms with Crippen molar-refractivity contribution < 1.29 is 38.4 Å². The normalized spacial score (nSPS) is 14.7. The number of carbonyl (C=O) groups excluding carboxylic acids is 1. The molecule has 309 valence electrons. The number of alkyl halides is 6. The van der Waals surface area contributed by atoms with E-state index in [9.17, 15) is 31.1 Å². The Kier molecular flexibility index (Phi) is 10.5. The molecule has 1 radical (unpaired) electrons. The van der Waals surface area contributed by atoms with Crippen LogP contribution in [0.3, 0.4) is 0 Å². The number of nitrogens with zero attached hydrogens (tertiary/aromatic N) is 4. The van der Waals surface area contributed by atoms with Gasteiger partial charge in [-0.2, -0.15) is 31.4 Å². The highest BCUT2D eigenvalue weighted by molar-refractivity contribution is 6.01. The lowest BCUT2D eigenvalue weighted by molar-refractivity contribution is -0.143. The van der Waals surface area contributed by atoms with Crippen LogP contribution in [0.5, 0.6) is 0 Å². The standard InChI is InChI=1S/C47H46F7N4O/c1-9-29-12-11-13-30(10-2)40(29)58-41(35-26-56(45(7,8)43(35)55-58)25-31-15-16-32(46(49,50)51)23-37(31)47(52,53)54)33-17-19-38(48)42-34(33)20-21-57(42)39(59)24-44(5,6)36-18-14-27(3)22-28(36)4/h11-17,19-23H,9-10,24-26H2,1-8H3/p+2. The quantitative estimate of drug-likeness (QED) is 0.137. The molecule has 0 unspecified atom stereocenters. The van der Waals surface area contributed by atoms with Gasteiger partial charge in [0.15, 0.2) is 0 Å². The van der Waals surface area contributed by atoms with Gasteiger partial charge in [-0.15, -0.1) is 0 Å². The van der Waals surface area contributed by atoms with Gasteiger partial charge in [-0.05, 0) is 110 Å². The maximum Gasteiger partial charge on any atom is 1.00 e. The number of benzene rings is 4. The Morgan fingerprint density at radius 1 is 0.898 bits per heavy atom. The van der Waals surface area contributed by atoms with Crippen LogP contribution in [-0.4, -0.2) is 25.2 Å². The first-order valence-corrected chi connectivity index (χ1v) is 19.7. The lowest BCUT2D eigenvalue weighted by Crippen LogP contribution is -2.36. The van der Waals surface area contributed by atoms with E-state index in [4.69, 9.17) is 5.10 Å². The number of rotatable bonds is 9. The molecule has 2 aromatic heterocycles. The molecule has 0 bridgehead atoms. The summed E-state index contributed by atoms with van der Waals surface area (Å²) < 4.78 is 103. The van der Waals surface area contributed by atoms with Crippen molar-refractivity contribution in [2.24, 2.45) is 0 Å². The zero-order valence-corrected chi connectivity index (χ0v) is 34.3. The van der Waals surface area contributed by atoms with E-state index >= 15 is 4.39 Å². The van der Waals surface area contributed by atoms with E-state index in [0.717, 1.165) is 39.6 Å². The third-order valence-electron chi connectivity index (χ3n) is 11.9. The molecule has 0 spiro atoms. The minimum absolute atomic E-state index is 0. The van der Waals surface area contributed by atoms with Gasteiger partial charge in [-0.25, -0.2) is 9.07 Å². The minimum Gasteiger partial charge on any atom is -0.284 e. The molecule has 0 amide bonds. The van der Waals surface area contributed by atoms with Gasteiger partial charge in [0, 0.05) is 42.2 Å². The molecule has 7 rings (SSSR count). The molecule has 0 atom stereocenters. The summed E-state index contributed by atoms with van der Waals surface area (Å²) in [5, 5.41) is 5.67. The Labute approximate surface area is 342 Å². The van der Waals surface area contributed by atoms with Crippen molar-refractivity contribution in [3.8, 4) is 16.9 Å². The molecular weight excluding hydrogens is 770 g/mol. The molecule has 0 aliphatic carbocycles. The maximum absolute atomic E-state index is 16.2. The predicted octanol–water partition coefficient (Wildman–Crippen LogP) is 12.7. The largest absolute Gasteiger partial charge is 1.00 e. The van der Waals surface area contributed by atoms with Crippen LogP contribution in [0.25, 0.3) is 27.8 Å². The number of aromatic nitrogens is 3. The van der Waals surface area contributed by atoms with Crippen molar-refractivity contribution in [1.82, 2.24) is 19.2 Å². The van der Waals surface area contributed by atoms with Crippen molar-refractivity contribution in [2.45, 2.75) is 111 Å². The molecule has 0 N–H and O–H groups in total. The fraction of sp³-hybridized carbons (Fsp3) is 0.362. The number of hydrogen-bond donors (Lipinski definition) is 0. The Hall–Kier alpha value is -5.23. The van der Waals surface area contributed by atoms with Crippen LogP contribution in [0.15, 0.2) is 72.9 Å². The molecule has 3 heterocycles. The number of fused-ring (bicyclic) bond motifs is 2. The summed E-state index contributed by atoms with van der Waals surface area (Å²) in [6, 6.07) is 19.6. The average Bonchev–Trinajstić information content (AvgIpc) is 3.83. The SMILES string of the molecule is CCc1cccc(CC)c1-n1nc2c(c1-c1ccc(F)c3c1ccn3C(=O)CC(C)(C)c1[c]cc(C)cc1C)CN(Cc1ccc(C(F)(F)F)cc1C(F)(F)F)C2(C)C.[H+].[H+]. The molecule has 5 nitrogen and oxygen atoms in total. The Balaban J connectivity index is 0.00000352. The van der Waals surface area contributed by atoms with Gasteiger partial charge in [0.1, 0.15) is 5.82 Å². The predicted molar refractivity (Wildman–Crippen MR) is 217 cm³/mol. The van der Waals surface area contributed by atoms with Crippen LogP contribution in [-0.2, 0) is 49.2 Å². The fourth-order valence-electron chi connectivity index (χ4n) is 8.84. The molecule has 4 aromatic carbocycles. The topological polar surface area (TPSA) is 43.1 Å². The van der Waals surface area contributed by atoms with Gasteiger partial charge in [0.25, 0.3) is 0 Å². The van der Waals surface area contributed by atoms with Gasteiger partial charge in [-0.3, -0.25) is 14.3 Å². The Bertz CT molecular complexity index is 2600. The molecule has 0 saturated heterocycles. The summed E-state index contributed by atoms with van der Waals surface area (Å²) in [4.78, 5) is 15.9. The summed E-state index contributed by atoms with van der Waals surface area (Å²) in [7, 11) is 0. The second-order valence-electron chi connectivity index (χ2n) is 16.7. The maximum atomic E-state index is 16.2. The molecule has 1 aliphatic rings. The van der Waals surface area contributed by atoms with E-state index < -0.39 is 40.3 Å². The van der Waals surface area contributed by atoms with Gasteiger partial charge >= 0.3 is 15.2 Å². The molecule has 12 heteroatoms. The molecule has 0 saturated carbocycles. The number of para-hydroxylation sites is 1. The zero-order chi connectivity index (χ0) is 43.0. The lowest BCUT2D eigenvalue weighted by Gasteiger charge is -2.33. The van der Waals surface area contributed by atoms with Gasteiger partial charge in [0.05, 0.1) is 39.3 Å². The average molecular weight is 818 g/mol. The first-order chi connectivity index (χ1) is 27.6. The fourth-order valence-corrected chi connectivity index (χ4v) is 8.84. The first kappa shape index (κ1) is 41.9. The van der Waals surface area contributed by atoms with Crippen LogP contribution >= 0.6 is 0 Å². The van der Waals surface area contributed by atoms with Crippen LogP contribution in [0.1, 0.15) is 111 Å². The van der Waals surface area contributed by atoms with E-state index in [2.05, 4.69) is 6.07 Å². The van der Waals surface area contributed by atoms with Crippen molar-refractivity contribution in [1.29, 1.82) is 0 Å². The smallest absolute Gasteiger partial charge is 0.284 e. The van der Waals surface area contributed by atoms with E-state index in [0.29, 0.717) is 46.8 Å². The monoisotopic (exact) mass is 817 g/mol. The number of aryl methyl sites for hydroxylation is 4. The summed E-state index contributed by atoms with van der Waals surface area (Å²) in [6.07, 6.45) is -7.04. The van der Waals surface area contributed by atoms with E-state index in [-0.39, 0.29) is 45.4 Å². The number of carbonyl (C=O) groups is 1. The first-order valence-electron chi connectivity index (χ1n) is 19.7. The summed E-state index contributed by atoms with van der Waals surface area (Å²) in [5.41, 5.74) is 3.61. The second kappa shape index (κ2) is 14.8. The van der Waals surface area contributed by atoms with Crippen LogP contribution < -0.4 is 0 Å². The second-order valence-corrected chi connectivity index (χ2v) is 16.7. The highest BCUT2D eigenvalue weighted by Gasteiger charge is 2.45. The number of halogens is 7. The van der Waals surface area contributed by atoms with E-state index in [1.165, 1.54) is 10.6 Å². The number of hydrogen-bond acceptors (Lipinski definition) is 3. The van der Waals surface area contributed by atoms with Crippen molar-refractivity contribution >= 4 is 16.8 Å². The molecule has 0 fully saturated rings. The summed E-state index contributed by atoms with van der Waals surface area (Å²) in [5.74, 6) is -0.921. The van der Waals surface area contributed by atoms with Gasteiger partial charge in [-0.1, -0.05) is 69.7 Å². The molecule has 1 aliphatic heterocycles. The van der Waals surface area contributed by atoms with E-state index in [1.807, 2.05) is 90.4 Å². The summed E-state index contributed by atoms with van der Waals surface area (Å²) in [6.45, 7) is 15.4. The Morgan fingerprint density at radius 3 is 2.19 bits per heavy atom.